The molecule has 1 saturated heterocycles. The van der Waals surface area contributed by atoms with Gasteiger partial charge in [-0.05, 0) is 23.3 Å². The summed E-state index contributed by atoms with van der Waals surface area (Å²) < 4.78 is 14.9. The molecule has 1 aromatic carbocycles. The van der Waals surface area contributed by atoms with Crippen molar-refractivity contribution in [2.75, 3.05) is 13.1 Å². The SMILES string of the molecule is Cl.Cn1cc([C@H]2CNC[C@@H]2C(=O)NCc2cccc(F)c2)cn1. The van der Waals surface area contributed by atoms with Gasteiger partial charge in [-0.15, -0.1) is 12.4 Å². The van der Waals surface area contributed by atoms with Gasteiger partial charge >= 0.3 is 0 Å². The zero-order chi connectivity index (χ0) is 15.5. The molecule has 1 aliphatic rings. The fourth-order valence-electron chi connectivity index (χ4n) is 2.90. The number of hydrogen-bond acceptors (Lipinski definition) is 3. The van der Waals surface area contributed by atoms with Gasteiger partial charge in [0.05, 0.1) is 12.1 Å². The van der Waals surface area contributed by atoms with E-state index in [2.05, 4.69) is 15.7 Å². The smallest absolute Gasteiger partial charge is 0.225 e. The molecule has 3 rings (SSSR count). The molecule has 7 heteroatoms. The Bertz CT molecular complexity index is 676. The maximum atomic E-state index is 13.1. The predicted molar refractivity (Wildman–Crippen MR) is 87.8 cm³/mol. The first-order valence-electron chi connectivity index (χ1n) is 7.35. The summed E-state index contributed by atoms with van der Waals surface area (Å²) in [5, 5.41) is 10.3. The topological polar surface area (TPSA) is 59.0 Å². The van der Waals surface area contributed by atoms with Crippen LogP contribution >= 0.6 is 12.4 Å². The zero-order valence-electron chi connectivity index (χ0n) is 12.8. The molecule has 0 bridgehead atoms. The number of aryl methyl sites for hydroxylation is 1. The molecule has 1 amide bonds. The number of nitrogens with one attached hydrogen (secondary N) is 2. The predicted octanol–water partition coefficient (Wildman–Crippen LogP) is 1.60. The molecule has 0 unspecified atom stereocenters. The van der Waals surface area contributed by atoms with Crippen LogP contribution in [0.25, 0.3) is 0 Å². The average Bonchev–Trinajstić information content (AvgIpc) is 3.13. The van der Waals surface area contributed by atoms with Crippen LogP contribution in [0.4, 0.5) is 4.39 Å². The fourth-order valence-corrected chi connectivity index (χ4v) is 2.90. The highest BCUT2D eigenvalue weighted by Crippen LogP contribution is 2.27. The molecule has 2 aromatic rings. The number of carbonyl (C=O) groups is 1. The van der Waals surface area contributed by atoms with Crippen LogP contribution in [0.1, 0.15) is 17.0 Å². The van der Waals surface area contributed by atoms with Gasteiger partial charge in [-0.25, -0.2) is 4.39 Å². The van der Waals surface area contributed by atoms with Gasteiger partial charge in [0.1, 0.15) is 5.82 Å². The molecule has 2 atom stereocenters. The molecular formula is C16H20ClFN4O. The normalized spacial score (nSPS) is 20.1. The molecule has 23 heavy (non-hydrogen) atoms. The van der Waals surface area contributed by atoms with Crippen LogP contribution in [0.2, 0.25) is 0 Å². The van der Waals surface area contributed by atoms with Crippen molar-refractivity contribution in [3.8, 4) is 0 Å². The van der Waals surface area contributed by atoms with Gasteiger partial charge in [-0.2, -0.15) is 5.10 Å². The number of nitrogens with zero attached hydrogens (tertiary/aromatic N) is 2. The van der Waals surface area contributed by atoms with E-state index in [1.807, 2.05) is 19.4 Å². The van der Waals surface area contributed by atoms with E-state index in [1.165, 1.54) is 12.1 Å². The van der Waals surface area contributed by atoms with Crippen LogP contribution in [0.5, 0.6) is 0 Å². The molecular weight excluding hydrogens is 319 g/mol. The van der Waals surface area contributed by atoms with E-state index in [9.17, 15) is 9.18 Å². The van der Waals surface area contributed by atoms with E-state index in [4.69, 9.17) is 0 Å². The van der Waals surface area contributed by atoms with Crippen LogP contribution in [0, 0.1) is 11.7 Å². The summed E-state index contributed by atoms with van der Waals surface area (Å²) in [6.45, 7) is 1.76. The number of halogens is 2. The van der Waals surface area contributed by atoms with E-state index >= 15 is 0 Å². The second-order valence-corrected chi connectivity index (χ2v) is 5.67. The minimum absolute atomic E-state index is 0. The number of amides is 1. The summed E-state index contributed by atoms with van der Waals surface area (Å²) in [4.78, 5) is 12.4. The van der Waals surface area contributed by atoms with Crippen LogP contribution < -0.4 is 10.6 Å². The number of aromatic nitrogens is 2. The van der Waals surface area contributed by atoms with Crippen molar-refractivity contribution >= 4 is 18.3 Å². The maximum absolute atomic E-state index is 13.1. The Balaban J connectivity index is 0.00000192. The van der Waals surface area contributed by atoms with E-state index in [1.54, 1.807) is 16.8 Å². The summed E-state index contributed by atoms with van der Waals surface area (Å²) in [6.07, 6.45) is 3.76. The van der Waals surface area contributed by atoms with Crippen molar-refractivity contribution in [1.29, 1.82) is 0 Å². The van der Waals surface area contributed by atoms with Crippen LogP contribution in [-0.4, -0.2) is 28.8 Å². The van der Waals surface area contributed by atoms with Crippen molar-refractivity contribution in [2.24, 2.45) is 13.0 Å². The Hall–Kier alpha value is -1.92. The lowest BCUT2D eigenvalue weighted by Gasteiger charge is -2.17. The summed E-state index contributed by atoms with van der Waals surface area (Å²) in [6, 6.07) is 6.28. The van der Waals surface area contributed by atoms with Gasteiger partial charge in [0.25, 0.3) is 0 Å². The molecule has 5 nitrogen and oxygen atoms in total. The Morgan fingerprint density at radius 1 is 1.48 bits per heavy atom. The molecule has 0 saturated carbocycles. The van der Waals surface area contributed by atoms with Gasteiger partial charge in [-0.3, -0.25) is 9.48 Å². The lowest BCUT2D eigenvalue weighted by atomic mass is 9.90. The number of carbonyl (C=O) groups excluding carboxylic acids is 1. The molecule has 2 N–H and O–H groups in total. The third-order valence-electron chi connectivity index (χ3n) is 4.06. The van der Waals surface area contributed by atoms with Crippen molar-refractivity contribution in [3.63, 3.8) is 0 Å². The van der Waals surface area contributed by atoms with E-state index < -0.39 is 0 Å². The first-order chi connectivity index (χ1) is 10.6. The molecule has 0 spiro atoms. The summed E-state index contributed by atoms with van der Waals surface area (Å²) >= 11 is 0. The van der Waals surface area contributed by atoms with Crippen molar-refractivity contribution < 1.29 is 9.18 Å². The molecule has 1 fully saturated rings. The molecule has 1 aromatic heterocycles. The largest absolute Gasteiger partial charge is 0.352 e. The molecule has 0 aliphatic carbocycles. The molecule has 1 aliphatic heterocycles. The third kappa shape index (κ3) is 4.09. The molecule has 0 radical (unpaired) electrons. The van der Waals surface area contributed by atoms with E-state index in [-0.39, 0.29) is 36.0 Å². The van der Waals surface area contributed by atoms with Crippen molar-refractivity contribution in [1.82, 2.24) is 20.4 Å². The van der Waals surface area contributed by atoms with Gasteiger partial charge in [0.2, 0.25) is 5.91 Å². The Labute approximate surface area is 140 Å². The number of rotatable bonds is 4. The molecule has 2 heterocycles. The Morgan fingerprint density at radius 3 is 3.00 bits per heavy atom. The maximum Gasteiger partial charge on any atom is 0.225 e. The standard InChI is InChI=1S/C16H19FN4O.ClH/c1-21-10-12(7-20-21)14-8-18-9-15(14)16(22)19-6-11-3-2-4-13(17)5-11;/h2-5,7,10,14-15,18H,6,8-9H2,1H3,(H,19,22);1H/t14-,15+;/m1./s1. The monoisotopic (exact) mass is 338 g/mol. The summed E-state index contributed by atoms with van der Waals surface area (Å²) in [5.41, 5.74) is 1.83. The number of hydrogen-bond donors (Lipinski definition) is 2. The van der Waals surface area contributed by atoms with Gasteiger partial charge in [0.15, 0.2) is 0 Å². The third-order valence-corrected chi connectivity index (χ3v) is 4.06. The highest BCUT2D eigenvalue weighted by Gasteiger charge is 2.34. The highest BCUT2D eigenvalue weighted by atomic mass is 35.5. The molecule has 124 valence electrons. The zero-order valence-corrected chi connectivity index (χ0v) is 13.6. The average molecular weight is 339 g/mol. The summed E-state index contributed by atoms with van der Waals surface area (Å²) in [7, 11) is 1.87. The van der Waals surface area contributed by atoms with Crippen LogP contribution in [-0.2, 0) is 18.4 Å². The highest BCUT2D eigenvalue weighted by molar-refractivity contribution is 5.85. The first-order valence-corrected chi connectivity index (χ1v) is 7.35. The minimum atomic E-state index is -0.289. The Morgan fingerprint density at radius 2 is 2.30 bits per heavy atom. The van der Waals surface area contributed by atoms with Gasteiger partial charge < -0.3 is 10.6 Å². The lowest BCUT2D eigenvalue weighted by molar-refractivity contribution is -0.125. The quantitative estimate of drug-likeness (QED) is 0.890. The summed E-state index contributed by atoms with van der Waals surface area (Å²) in [5.74, 6) is -0.301. The number of benzene rings is 1. The van der Waals surface area contributed by atoms with Crippen molar-refractivity contribution in [2.45, 2.75) is 12.5 Å². The van der Waals surface area contributed by atoms with E-state index in [0.717, 1.165) is 17.7 Å². The van der Waals surface area contributed by atoms with Crippen LogP contribution in [0.3, 0.4) is 0 Å². The minimum Gasteiger partial charge on any atom is -0.352 e. The van der Waals surface area contributed by atoms with Gasteiger partial charge in [-0.1, -0.05) is 12.1 Å². The Kier molecular flexibility index (Phi) is 5.74. The second-order valence-electron chi connectivity index (χ2n) is 5.67. The first kappa shape index (κ1) is 17.4. The lowest BCUT2D eigenvalue weighted by Crippen LogP contribution is -2.33. The van der Waals surface area contributed by atoms with Crippen LogP contribution in [0.15, 0.2) is 36.7 Å². The van der Waals surface area contributed by atoms with E-state index in [0.29, 0.717) is 13.1 Å². The fraction of sp³-hybridized carbons (Fsp3) is 0.375. The van der Waals surface area contributed by atoms with Crippen molar-refractivity contribution in [3.05, 3.63) is 53.6 Å². The van der Waals surface area contributed by atoms with Gasteiger partial charge in [0, 0.05) is 38.8 Å². The second kappa shape index (κ2) is 7.57.